The summed E-state index contributed by atoms with van der Waals surface area (Å²) in [6, 6.07) is 4.40. The summed E-state index contributed by atoms with van der Waals surface area (Å²) in [7, 11) is 0. The summed E-state index contributed by atoms with van der Waals surface area (Å²) < 4.78 is 31.5. The fourth-order valence-corrected chi connectivity index (χ4v) is 4.08. The number of rotatable bonds is 16. The molecule has 1 saturated heterocycles. The minimum Gasteiger partial charge on any atom is -0.462 e. The van der Waals surface area contributed by atoms with Crippen LogP contribution < -0.4 is 0 Å². The van der Waals surface area contributed by atoms with Gasteiger partial charge in [0.25, 0.3) is 0 Å². The number of carbonyl (C=O) groups is 1. The van der Waals surface area contributed by atoms with Crippen LogP contribution in [-0.4, -0.2) is 25.8 Å². The third-order valence-electron chi connectivity index (χ3n) is 6.15. The van der Waals surface area contributed by atoms with Gasteiger partial charge in [-0.15, -0.1) is 0 Å². The molecule has 0 amide bonds. The number of halogens is 1. The van der Waals surface area contributed by atoms with Gasteiger partial charge in [0.2, 0.25) is 0 Å². The standard InChI is InChI=1S/C27H43FO4/c1-3-5-7-9-10-11-13-15-22-20-31-27(32-21-22)24-17-16-23(19-25(24)28)26(29)30-18-14-12-8-6-4-2/h16-17,19,22,27H,3-15,18,20-21H2,1-2H3. The molecule has 1 aliphatic rings. The van der Waals surface area contributed by atoms with Crippen LogP contribution in [0.15, 0.2) is 18.2 Å². The van der Waals surface area contributed by atoms with Crippen LogP contribution in [0.3, 0.4) is 0 Å². The molecule has 32 heavy (non-hydrogen) atoms. The summed E-state index contributed by atoms with van der Waals surface area (Å²) in [4.78, 5) is 12.2. The van der Waals surface area contributed by atoms with Crippen LogP contribution in [0.4, 0.5) is 4.39 Å². The molecule has 0 bridgehead atoms. The zero-order valence-electron chi connectivity index (χ0n) is 20.2. The van der Waals surface area contributed by atoms with Crippen LogP contribution in [0, 0.1) is 11.7 Å². The van der Waals surface area contributed by atoms with Crippen LogP contribution in [0.5, 0.6) is 0 Å². The van der Waals surface area contributed by atoms with Crippen molar-refractivity contribution in [2.75, 3.05) is 19.8 Å². The Kier molecular flexibility index (Phi) is 13.6. The van der Waals surface area contributed by atoms with Gasteiger partial charge in [0.1, 0.15) is 5.82 Å². The predicted octanol–water partition coefficient (Wildman–Crippen LogP) is 7.76. The zero-order valence-corrected chi connectivity index (χ0v) is 20.2. The molecular formula is C27H43FO4. The third kappa shape index (κ3) is 9.99. The van der Waals surface area contributed by atoms with E-state index in [2.05, 4.69) is 13.8 Å². The molecular weight excluding hydrogens is 407 g/mol. The van der Waals surface area contributed by atoms with E-state index < -0.39 is 18.1 Å². The van der Waals surface area contributed by atoms with Gasteiger partial charge in [0.05, 0.1) is 25.4 Å². The fraction of sp³-hybridized carbons (Fsp3) is 0.741. The maximum Gasteiger partial charge on any atom is 0.338 e. The van der Waals surface area contributed by atoms with Crippen LogP contribution >= 0.6 is 0 Å². The van der Waals surface area contributed by atoms with E-state index >= 15 is 0 Å². The lowest BCUT2D eigenvalue weighted by Crippen LogP contribution is -2.27. The van der Waals surface area contributed by atoms with Crippen molar-refractivity contribution in [3.63, 3.8) is 0 Å². The Hall–Kier alpha value is -1.46. The van der Waals surface area contributed by atoms with Crippen molar-refractivity contribution < 1.29 is 23.4 Å². The molecule has 1 aromatic rings. The van der Waals surface area contributed by atoms with E-state index in [0.29, 0.717) is 31.3 Å². The summed E-state index contributed by atoms with van der Waals surface area (Å²) in [6.07, 6.45) is 14.8. The highest BCUT2D eigenvalue weighted by Crippen LogP contribution is 2.29. The van der Waals surface area contributed by atoms with E-state index in [1.165, 1.54) is 63.9 Å². The van der Waals surface area contributed by atoms with Gasteiger partial charge in [-0.2, -0.15) is 0 Å². The molecule has 0 aromatic heterocycles. The molecule has 2 rings (SSSR count). The first kappa shape index (κ1) is 26.8. The lowest BCUT2D eigenvalue weighted by Gasteiger charge is -2.30. The molecule has 182 valence electrons. The summed E-state index contributed by atoms with van der Waals surface area (Å²) in [5, 5.41) is 0. The molecule has 1 fully saturated rings. The average molecular weight is 451 g/mol. The monoisotopic (exact) mass is 450 g/mol. The number of ether oxygens (including phenoxy) is 3. The molecule has 0 aliphatic carbocycles. The highest BCUT2D eigenvalue weighted by Gasteiger charge is 2.26. The van der Waals surface area contributed by atoms with E-state index in [-0.39, 0.29) is 5.56 Å². The minimum absolute atomic E-state index is 0.229. The van der Waals surface area contributed by atoms with Crippen molar-refractivity contribution in [3.05, 3.63) is 35.1 Å². The molecule has 0 N–H and O–H groups in total. The van der Waals surface area contributed by atoms with E-state index in [9.17, 15) is 9.18 Å². The van der Waals surface area contributed by atoms with Gasteiger partial charge in [0, 0.05) is 11.5 Å². The molecule has 4 nitrogen and oxygen atoms in total. The van der Waals surface area contributed by atoms with Crippen molar-refractivity contribution in [1.29, 1.82) is 0 Å². The lowest BCUT2D eigenvalue weighted by atomic mass is 10.0. The Morgan fingerprint density at radius 2 is 1.50 bits per heavy atom. The zero-order chi connectivity index (χ0) is 23.0. The molecule has 0 spiro atoms. The van der Waals surface area contributed by atoms with Gasteiger partial charge in [-0.1, -0.05) is 90.5 Å². The Labute approximate surface area is 194 Å². The van der Waals surface area contributed by atoms with Crippen LogP contribution in [0.2, 0.25) is 0 Å². The van der Waals surface area contributed by atoms with Crippen molar-refractivity contribution >= 4 is 5.97 Å². The topological polar surface area (TPSA) is 44.8 Å². The van der Waals surface area contributed by atoms with Gasteiger partial charge < -0.3 is 14.2 Å². The third-order valence-corrected chi connectivity index (χ3v) is 6.15. The lowest BCUT2D eigenvalue weighted by molar-refractivity contribution is -0.207. The number of hydrogen-bond donors (Lipinski definition) is 0. The summed E-state index contributed by atoms with van der Waals surface area (Å²) in [6.45, 7) is 5.95. The first-order chi connectivity index (χ1) is 15.7. The Bertz CT molecular complexity index is 641. The second-order valence-corrected chi connectivity index (χ2v) is 9.06. The molecule has 0 unspecified atom stereocenters. The van der Waals surface area contributed by atoms with Crippen LogP contribution in [-0.2, 0) is 14.2 Å². The number of benzene rings is 1. The summed E-state index contributed by atoms with van der Waals surface area (Å²) in [5.74, 6) is -0.597. The largest absolute Gasteiger partial charge is 0.462 e. The van der Waals surface area contributed by atoms with Crippen LogP contribution in [0.25, 0.3) is 0 Å². The quantitative estimate of drug-likeness (QED) is 0.191. The van der Waals surface area contributed by atoms with Gasteiger partial charge >= 0.3 is 5.97 Å². The van der Waals surface area contributed by atoms with E-state index in [4.69, 9.17) is 14.2 Å². The highest BCUT2D eigenvalue weighted by atomic mass is 19.1. The first-order valence-electron chi connectivity index (χ1n) is 12.9. The number of unbranched alkanes of at least 4 members (excludes halogenated alkanes) is 10. The van der Waals surface area contributed by atoms with Gasteiger partial charge in [0.15, 0.2) is 6.29 Å². The van der Waals surface area contributed by atoms with E-state index in [0.717, 1.165) is 25.7 Å². The fourth-order valence-electron chi connectivity index (χ4n) is 4.08. The average Bonchev–Trinajstić information content (AvgIpc) is 2.81. The SMILES string of the molecule is CCCCCCCCCC1COC(c2ccc(C(=O)OCCCCCCC)cc2F)OC1. The number of hydrogen-bond acceptors (Lipinski definition) is 4. The molecule has 1 aromatic carbocycles. The Morgan fingerprint density at radius 3 is 2.12 bits per heavy atom. The Balaban J connectivity index is 1.67. The van der Waals surface area contributed by atoms with Gasteiger partial charge in [-0.05, 0) is 25.0 Å². The summed E-state index contributed by atoms with van der Waals surface area (Å²) >= 11 is 0. The first-order valence-corrected chi connectivity index (χ1v) is 12.9. The maximum atomic E-state index is 14.6. The second-order valence-electron chi connectivity index (χ2n) is 9.06. The molecule has 1 aliphatic heterocycles. The van der Waals surface area contributed by atoms with Crippen LogP contribution in [0.1, 0.15) is 120 Å². The second kappa shape index (κ2) is 16.2. The van der Waals surface area contributed by atoms with Crippen molar-refractivity contribution in [1.82, 2.24) is 0 Å². The predicted molar refractivity (Wildman–Crippen MR) is 126 cm³/mol. The van der Waals surface area contributed by atoms with Crippen molar-refractivity contribution in [2.45, 2.75) is 104 Å². The molecule has 0 saturated carbocycles. The number of carbonyl (C=O) groups excluding carboxylic acids is 1. The molecule has 0 radical (unpaired) electrons. The van der Waals surface area contributed by atoms with E-state index in [1.807, 2.05) is 0 Å². The normalized spacial score (nSPS) is 18.6. The minimum atomic E-state index is -0.705. The smallest absolute Gasteiger partial charge is 0.338 e. The molecule has 5 heteroatoms. The van der Waals surface area contributed by atoms with Crippen molar-refractivity contribution in [2.24, 2.45) is 5.92 Å². The molecule has 1 heterocycles. The highest BCUT2D eigenvalue weighted by molar-refractivity contribution is 5.89. The van der Waals surface area contributed by atoms with E-state index in [1.54, 1.807) is 12.1 Å². The maximum absolute atomic E-state index is 14.6. The summed E-state index contributed by atoms with van der Waals surface area (Å²) in [5.41, 5.74) is 0.572. The van der Waals surface area contributed by atoms with Gasteiger partial charge in [-0.3, -0.25) is 0 Å². The van der Waals surface area contributed by atoms with Gasteiger partial charge in [-0.25, -0.2) is 9.18 Å². The Morgan fingerprint density at radius 1 is 0.906 bits per heavy atom. The number of esters is 1. The van der Waals surface area contributed by atoms with Crippen molar-refractivity contribution in [3.8, 4) is 0 Å². The molecule has 0 atom stereocenters.